The molecule has 9 nitrogen and oxygen atoms in total. The third kappa shape index (κ3) is 4.25. The molecule has 3 amide bonds. The predicted octanol–water partition coefficient (Wildman–Crippen LogP) is 1.20. The molecule has 1 aliphatic heterocycles. The van der Waals surface area contributed by atoms with E-state index in [1.807, 2.05) is 30.3 Å². The molecule has 5 rings (SSSR count). The number of hydrogen-bond donors (Lipinski definition) is 0. The Morgan fingerprint density at radius 1 is 0.912 bits per heavy atom. The predicted molar refractivity (Wildman–Crippen MR) is 124 cm³/mol. The van der Waals surface area contributed by atoms with Gasteiger partial charge in [-0.25, -0.2) is 4.52 Å². The maximum absolute atomic E-state index is 13.0. The van der Waals surface area contributed by atoms with Gasteiger partial charge in [0, 0.05) is 37.5 Å². The van der Waals surface area contributed by atoms with Gasteiger partial charge in [0.2, 0.25) is 17.7 Å². The molecule has 9 heteroatoms. The van der Waals surface area contributed by atoms with Crippen LogP contribution < -0.4 is 5.56 Å². The minimum atomic E-state index is -0.370. The van der Waals surface area contributed by atoms with Crippen LogP contribution in [0.3, 0.4) is 0 Å². The summed E-state index contributed by atoms with van der Waals surface area (Å²) in [7, 11) is 0. The number of fused-ring (bicyclic) bond motifs is 3. The summed E-state index contributed by atoms with van der Waals surface area (Å²) in [5.41, 5.74) is 3.47. The van der Waals surface area contributed by atoms with Gasteiger partial charge in [-0.1, -0.05) is 30.3 Å². The van der Waals surface area contributed by atoms with E-state index in [9.17, 15) is 19.2 Å². The zero-order valence-electron chi connectivity index (χ0n) is 19.0. The average Bonchev–Trinajstić information content (AvgIpc) is 3.23. The molecule has 0 atom stereocenters. The Morgan fingerprint density at radius 2 is 1.65 bits per heavy atom. The fraction of sp³-hybridized carbons (Fsp3) is 0.400. The van der Waals surface area contributed by atoms with E-state index in [0.717, 1.165) is 42.5 Å². The SMILES string of the molecule is O=C(CCn1ccn2nc3c(c2c1=O)CCCC3)N1CC(=O)N(CCc2ccccc2)C(=O)C1. The molecule has 3 heterocycles. The first-order valence-electron chi connectivity index (χ1n) is 11.8. The van der Waals surface area contributed by atoms with E-state index in [1.54, 1.807) is 16.9 Å². The highest BCUT2D eigenvalue weighted by Gasteiger charge is 2.33. The molecule has 0 bridgehead atoms. The van der Waals surface area contributed by atoms with Crippen LogP contribution in [0.5, 0.6) is 0 Å². The second-order valence-electron chi connectivity index (χ2n) is 8.90. The largest absolute Gasteiger partial charge is 0.324 e. The summed E-state index contributed by atoms with van der Waals surface area (Å²) in [4.78, 5) is 53.5. The number of benzene rings is 1. The summed E-state index contributed by atoms with van der Waals surface area (Å²) in [6.45, 7) is 0.242. The Balaban J connectivity index is 1.21. The number of nitrogens with zero attached hydrogens (tertiary/aromatic N) is 5. The number of aromatic nitrogens is 3. The fourth-order valence-electron chi connectivity index (χ4n) is 4.81. The summed E-state index contributed by atoms with van der Waals surface area (Å²) in [6, 6.07) is 9.65. The number of aryl methyl sites for hydroxylation is 3. The molecule has 0 spiro atoms. The molecule has 0 N–H and O–H groups in total. The van der Waals surface area contributed by atoms with Crippen LogP contribution in [0.2, 0.25) is 0 Å². The molecule has 0 unspecified atom stereocenters. The molecule has 2 aliphatic rings. The molecule has 1 fully saturated rings. The fourth-order valence-corrected chi connectivity index (χ4v) is 4.81. The maximum atomic E-state index is 13.0. The zero-order chi connectivity index (χ0) is 23.7. The Bertz CT molecular complexity index is 1290. The van der Waals surface area contributed by atoms with E-state index in [2.05, 4.69) is 5.10 Å². The molecular weight excluding hydrogens is 434 g/mol. The summed E-state index contributed by atoms with van der Waals surface area (Å²) in [5, 5.41) is 4.53. The molecule has 34 heavy (non-hydrogen) atoms. The third-order valence-electron chi connectivity index (χ3n) is 6.67. The van der Waals surface area contributed by atoms with Crippen molar-refractivity contribution in [3.63, 3.8) is 0 Å². The van der Waals surface area contributed by atoms with Crippen LogP contribution in [-0.2, 0) is 40.2 Å². The Labute approximate surface area is 196 Å². The summed E-state index contributed by atoms with van der Waals surface area (Å²) < 4.78 is 3.16. The first kappa shape index (κ1) is 22.1. The second kappa shape index (κ2) is 9.24. The first-order valence-corrected chi connectivity index (χ1v) is 11.8. The van der Waals surface area contributed by atoms with Gasteiger partial charge in [0.15, 0.2) is 0 Å². The van der Waals surface area contributed by atoms with Crippen molar-refractivity contribution in [1.29, 1.82) is 0 Å². The summed E-state index contributed by atoms with van der Waals surface area (Å²) >= 11 is 0. The molecule has 2 aromatic heterocycles. The number of hydrogen-bond acceptors (Lipinski definition) is 5. The van der Waals surface area contributed by atoms with Crippen molar-refractivity contribution in [2.45, 2.75) is 45.1 Å². The third-order valence-corrected chi connectivity index (χ3v) is 6.67. The molecule has 0 radical (unpaired) electrons. The lowest BCUT2D eigenvalue weighted by atomic mass is 9.97. The van der Waals surface area contributed by atoms with E-state index in [-0.39, 0.29) is 49.3 Å². The topological polar surface area (TPSA) is 97.0 Å². The van der Waals surface area contributed by atoms with Gasteiger partial charge >= 0.3 is 0 Å². The number of piperazine rings is 1. The smallest absolute Gasteiger partial charge is 0.276 e. The van der Waals surface area contributed by atoms with Gasteiger partial charge in [-0.3, -0.25) is 24.1 Å². The molecule has 1 aromatic carbocycles. The van der Waals surface area contributed by atoms with Crippen LogP contribution in [0.4, 0.5) is 0 Å². The van der Waals surface area contributed by atoms with E-state index in [1.165, 1.54) is 14.4 Å². The summed E-state index contributed by atoms with van der Waals surface area (Å²) in [6.07, 6.45) is 7.85. The quantitative estimate of drug-likeness (QED) is 0.514. The van der Waals surface area contributed by atoms with Gasteiger partial charge < -0.3 is 9.47 Å². The molecular formula is C25H27N5O4. The van der Waals surface area contributed by atoms with Crippen molar-refractivity contribution in [2.75, 3.05) is 19.6 Å². The standard InChI is InChI=1S/C25H27N5O4/c31-21(28-16-22(32)29(23(33)17-28)13-10-18-6-2-1-3-7-18)11-12-27-14-15-30-24(25(27)34)19-8-4-5-9-20(19)26-30/h1-3,6-7,14-15H,4-5,8-13,16-17H2. The van der Waals surface area contributed by atoms with Gasteiger partial charge in [-0.2, -0.15) is 5.10 Å². The van der Waals surface area contributed by atoms with Crippen LogP contribution >= 0.6 is 0 Å². The lowest BCUT2D eigenvalue weighted by molar-refractivity contribution is -0.156. The Kier molecular flexibility index (Phi) is 6.00. The van der Waals surface area contributed by atoms with Gasteiger partial charge in [-0.15, -0.1) is 0 Å². The lowest BCUT2D eigenvalue weighted by Gasteiger charge is -2.32. The maximum Gasteiger partial charge on any atom is 0.276 e. The molecule has 0 saturated carbocycles. The Morgan fingerprint density at radius 3 is 2.41 bits per heavy atom. The number of amides is 3. The zero-order valence-corrected chi connectivity index (χ0v) is 19.0. The highest BCUT2D eigenvalue weighted by Crippen LogP contribution is 2.22. The van der Waals surface area contributed by atoms with Crippen molar-refractivity contribution in [3.8, 4) is 0 Å². The number of imide groups is 1. The Hall–Kier alpha value is -3.75. The van der Waals surface area contributed by atoms with E-state index in [0.29, 0.717) is 18.5 Å². The van der Waals surface area contributed by atoms with Crippen LogP contribution in [-0.4, -0.2) is 61.3 Å². The van der Waals surface area contributed by atoms with Gasteiger partial charge in [-0.05, 0) is 37.7 Å². The normalized spacial score (nSPS) is 16.2. The van der Waals surface area contributed by atoms with Crippen molar-refractivity contribution < 1.29 is 14.4 Å². The molecule has 1 aliphatic carbocycles. The lowest BCUT2D eigenvalue weighted by Crippen LogP contribution is -2.56. The number of carbonyl (C=O) groups excluding carboxylic acids is 3. The van der Waals surface area contributed by atoms with Crippen molar-refractivity contribution in [2.24, 2.45) is 0 Å². The van der Waals surface area contributed by atoms with E-state index >= 15 is 0 Å². The van der Waals surface area contributed by atoms with Crippen LogP contribution in [0, 0.1) is 0 Å². The summed E-state index contributed by atoms with van der Waals surface area (Å²) in [5.74, 6) is -1.05. The van der Waals surface area contributed by atoms with Crippen LogP contribution in [0.25, 0.3) is 5.52 Å². The van der Waals surface area contributed by atoms with Crippen molar-refractivity contribution in [1.82, 2.24) is 24.0 Å². The van der Waals surface area contributed by atoms with Crippen LogP contribution in [0.1, 0.15) is 36.1 Å². The van der Waals surface area contributed by atoms with E-state index < -0.39 is 0 Å². The van der Waals surface area contributed by atoms with Gasteiger partial charge in [0.25, 0.3) is 5.56 Å². The highest BCUT2D eigenvalue weighted by molar-refractivity contribution is 6.02. The van der Waals surface area contributed by atoms with E-state index in [4.69, 9.17) is 0 Å². The second-order valence-corrected chi connectivity index (χ2v) is 8.90. The van der Waals surface area contributed by atoms with Gasteiger partial charge in [0.1, 0.15) is 18.6 Å². The van der Waals surface area contributed by atoms with Crippen molar-refractivity contribution >= 4 is 23.2 Å². The van der Waals surface area contributed by atoms with Crippen molar-refractivity contribution in [3.05, 3.63) is 69.9 Å². The molecule has 3 aromatic rings. The molecule has 1 saturated heterocycles. The van der Waals surface area contributed by atoms with Gasteiger partial charge in [0.05, 0.1) is 5.69 Å². The van der Waals surface area contributed by atoms with Crippen LogP contribution in [0.15, 0.2) is 47.5 Å². The highest BCUT2D eigenvalue weighted by atomic mass is 16.2. The molecule has 176 valence electrons. The monoisotopic (exact) mass is 461 g/mol. The number of rotatable bonds is 6. The minimum absolute atomic E-state index is 0.0387. The first-order chi connectivity index (χ1) is 16.5. The number of carbonyl (C=O) groups is 3. The minimum Gasteiger partial charge on any atom is -0.324 e. The average molecular weight is 462 g/mol.